The summed E-state index contributed by atoms with van der Waals surface area (Å²) in [5, 5.41) is 11.1. The van der Waals surface area contributed by atoms with Crippen molar-refractivity contribution in [2.24, 2.45) is 0 Å². The zero-order valence-electron chi connectivity index (χ0n) is 17.4. The van der Waals surface area contributed by atoms with Crippen LogP contribution in [0.2, 0.25) is 0 Å². The van der Waals surface area contributed by atoms with E-state index in [9.17, 15) is 0 Å². The van der Waals surface area contributed by atoms with E-state index in [2.05, 4.69) is 23.5 Å². The van der Waals surface area contributed by atoms with Gasteiger partial charge in [0.15, 0.2) is 0 Å². The molecule has 0 spiro atoms. The smallest absolute Gasteiger partial charge is 0.119 e. The van der Waals surface area contributed by atoms with E-state index in [1.807, 2.05) is 76.2 Å². The number of anilines is 2. The summed E-state index contributed by atoms with van der Waals surface area (Å²) in [6, 6.07) is 22.0. The predicted molar refractivity (Wildman–Crippen MR) is 121 cm³/mol. The second-order valence-electron chi connectivity index (χ2n) is 7.45. The molecule has 0 aromatic heterocycles. The normalized spacial score (nSPS) is 10.8. The van der Waals surface area contributed by atoms with Crippen LogP contribution in [-0.4, -0.2) is 18.4 Å². The van der Waals surface area contributed by atoms with E-state index in [4.69, 9.17) is 14.9 Å². The molecule has 150 valence electrons. The summed E-state index contributed by atoms with van der Waals surface area (Å²) in [5.74, 6) is 1.71. The van der Waals surface area contributed by atoms with Gasteiger partial charge in [-0.15, -0.1) is 0 Å². The van der Waals surface area contributed by atoms with Crippen LogP contribution in [0.25, 0.3) is 11.1 Å². The third-order valence-corrected chi connectivity index (χ3v) is 4.27. The molecule has 4 nitrogen and oxygen atoms in total. The number of nitrogens with one attached hydrogen (secondary N) is 2. The van der Waals surface area contributed by atoms with E-state index in [1.165, 1.54) is 6.21 Å². The molecule has 0 saturated heterocycles. The van der Waals surface area contributed by atoms with Gasteiger partial charge in [0.2, 0.25) is 0 Å². The first-order valence-electron chi connectivity index (χ1n) is 9.90. The van der Waals surface area contributed by atoms with Crippen molar-refractivity contribution < 1.29 is 9.47 Å². The van der Waals surface area contributed by atoms with Crippen molar-refractivity contribution in [3.63, 3.8) is 0 Å². The third kappa shape index (κ3) is 5.61. The summed E-state index contributed by atoms with van der Waals surface area (Å²) in [6.07, 6.45) is 1.66. The molecule has 0 bridgehead atoms. The van der Waals surface area contributed by atoms with Gasteiger partial charge in [-0.25, -0.2) is 0 Å². The lowest BCUT2D eigenvalue weighted by Crippen LogP contribution is -2.05. The lowest BCUT2D eigenvalue weighted by atomic mass is 10.0. The summed E-state index contributed by atoms with van der Waals surface area (Å²) in [4.78, 5) is 0. The minimum absolute atomic E-state index is 0.146. The van der Waals surface area contributed by atoms with E-state index in [1.54, 1.807) is 0 Å². The average molecular weight is 389 g/mol. The first-order valence-corrected chi connectivity index (χ1v) is 9.90. The second kappa shape index (κ2) is 9.28. The Morgan fingerprint density at radius 2 is 1.24 bits per heavy atom. The Labute approximate surface area is 173 Å². The van der Waals surface area contributed by atoms with Crippen molar-refractivity contribution >= 4 is 17.6 Å². The van der Waals surface area contributed by atoms with Gasteiger partial charge in [-0.2, -0.15) is 0 Å². The van der Waals surface area contributed by atoms with E-state index in [-0.39, 0.29) is 12.2 Å². The first-order chi connectivity index (χ1) is 13.9. The quantitative estimate of drug-likeness (QED) is 0.424. The molecule has 2 N–H and O–H groups in total. The molecule has 0 radical (unpaired) electrons. The lowest BCUT2D eigenvalue weighted by Gasteiger charge is -2.14. The van der Waals surface area contributed by atoms with Crippen molar-refractivity contribution in [1.29, 1.82) is 5.41 Å². The number of ether oxygens (including phenoxy) is 2. The SMILES string of the molecule is CC(C)Oc1ccc(Nc2cc(-c3ccc(OC(C)C)cc3)ccc2C=N)cc1. The average Bonchev–Trinajstić information content (AvgIpc) is 2.69. The highest BCUT2D eigenvalue weighted by Gasteiger charge is 2.07. The standard InChI is InChI=1S/C25H28N2O2/c1-17(2)28-23-11-7-19(8-12-23)20-5-6-21(16-26)25(15-20)27-22-9-13-24(14-10-22)29-18(3)4/h5-18,26-27H,1-4H3. The third-order valence-electron chi connectivity index (χ3n) is 4.27. The van der Waals surface area contributed by atoms with E-state index in [0.29, 0.717) is 0 Å². The number of hydrogen-bond donors (Lipinski definition) is 2. The van der Waals surface area contributed by atoms with Gasteiger partial charge in [-0.3, -0.25) is 0 Å². The predicted octanol–water partition coefficient (Wildman–Crippen LogP) is 6.67. The van der Waals surface area contributed by atoms with Crippen molar-refractivity contribution in [1.82, 2.24) is 0 Å². The van der Waals surface area contributed by atoms with Crippen LogP contribution in [0.5, 0.6) is 11.5 Å². The Bertz CT molecular complexity index is 946. The highest BCUT2D eigenvalue weighted by atomic mass is 16.5. The van der Waals surface area contributed by atoms with Crippen LogP contribution in [-0.2, 0) is 0 Å². The van der Waals surface area contributed by atoms with Crippen LogP contribution >= 0.6 is 0 Å². The highest BCUT2D eigenvalue weighted by Crippen LogP contribution is 2.29. The maximum atomic E-state index is 7.73. The van der Waals surface area contributed by atoms with Gasteiger partial charge in [0, 0.05) is 23.2 Å². The molecule has 0 heterocycles. The van der Waals surface area contributed by atoms with Gasteiger partial charge >= 0.3 is 0 Å². The molecule has 0 aliphatic heterocycles. The minimum atomic E-state index is 0.146. The fourth-order valence-corrected chi connectivity index (χ4v) is 3.01. The molecule has 29 heavy (non-hydrogen) atoms. The monoisotopic (exact) mass is 388 g/mol. The largest absolute Gasteiger partial charge is 0.491 e. The van der Waals surface area contributed by atoms with Gasteiger partial charge in [-0.05, 0) is 81.3 Å². The molecule has 3 rings (SSSR count). The maximum Gasteiger partial charge on any atom is 0.119 e. The highest BCUT2D eigenvalue weighted by molar-refractivity contribution is 5.89. The molecule has 3 aromatic carbocycles. The van der Waals surface area contributed by atoms with Crippen LogP contribution in [0.1, 0.15) is 33.3 Å². The first kappa shape index (κ1) is 20.5. The van der Waals surface area contributed by atoms with Crippen LogP contribution < -0.4 is 14.8 Å². The summed E-state index contributed by atoms with van der Waals surface area (Å²) < 4.78 is 11.4. The number of rotatable bonds is 8. The maximum absolute atomic E-state index is 7.73. The Hall–Kier alpha value is -3.27. The zero-order chi connectivity index (χ0) is 20.8. The molecule has 4 heteroatoms. The topological polar surface area (TPSA) is 54.3 Å². The summed E-state index contributed by atoms with van der Waals surface area (Å²) in [6.45, 7) is 8.05. The molecule has 0 atom stereocenters. The Morgan fingerprint density at radius 1 is 0.724 bits per heavy atom. The molecule has 0 aliphatic rings. The summed E-state index contributed by atoms with van der Waals surface area (Å²) in [7, 11) is 0. The summed E-state index contributed by atoms with van der Waals surface area (Å²) in [5.41, 5.74) is 4.84. The minimum Gasteiger partial charge on any atom is -0.491 e. The number of hydrogen-bond acceptors (Lipinski definition) is 4. The van der Waals surface area contributed by atoms with E-state index < -0.39 is 0 Å². The fraction of sp³-hybridized carbons (Fsp3) is 0.240. The molecule has 0 saturated carbocycles. The Morgan fingerprint density at radius 3 is 1.76 bits per heavy atom. The van der Waals surface area contributed by atoms with Gasteiger partial charge in [0.05, 0.1) is 12.2 Å². The van der Waals surface area contributed by atoms with Crippen LogP contribution in [0.4, 0.5) is 11.4 Å². The molecule has 3 aromatic rings. The van der Waals surface area contributed by atoms with Gasteiger partial charge in [-0.1, -0.05) is 24.3 Å². The van der Waals surface area contributed by atoms with Crippen molar-refractivity contribution in [3.8, 4) is 22.6 Å². The summed E-state index contributed by atoms with van der Waals surface area (Å²) >= 11 is 0. The van der Waals surface area contributed by atoms with Crippen LogP contribution in [0.3, 0.4) is 0 Å². The van der Waals surface area contributed by atoms with Crippen molar-refractivity contribution in [2.45, 2.75) is 39.9 Å². The zero-order valence-corrected chi connectivity index (χ0v) is 17.4. The van der Waals surface area contributed by atoms with E-state index in [0.717, 1.165) is 39.6 Å². The second-order valence-corrected chi connectivity index (χ2v) is 7.45. The van der Waals surface area contributed by atoms with Crippen LogP contribution in [0.15, 0.2) is 66.7 Å². The molecule has 0 unspecified atom stereocenters. The van der Waals surface area contributed by atoms with E-state index >= 15 is 0 Å². The Kier molecular flexibility index (Phi) is 6.55. The van der Waals surface area contributed by atoms with Crippen molar-refractivity contribution in [3.05, 3.63) is 72.3 Å². The van der Waals surface area contributed by atoms with Gasteiger partial charge in [0.25, 0.3) is 0 Å². The van der Waals surface area contributed by atoms with Crippen molar-refractivity contribution in [2.75, 3.05) is 5.32 Å². The lowest BCUT2D eigenvalue weighted by molar-refractivity contribution is 0.242. The fourth-order valence-electron chi connectivity index (χ4n) is 3.01. The van der Waals surface area contributed by atoms with Gasteiger partial charge < -0.3 is 20.2 Å². The Balaban J connectivity index is 1.82. The van der Waals surface area contributed by atoms with Gasteiger partial charge in [0.1, 0.15) is 11.5 Å². The molecule has 0 fully saturated rings. The molecule has 0 amide bonds. The molecule has 0 aliphatic carbocycles. The molecular weight excluding hydrogens is 360 g/mol. The molecular formula is C25H28N2O2. The number of benzene rings is 3. The van der Waals surface area contributed by atoms with Crippen LogP contribution in [0, 0.1) is 5.41 Å².